The predicted molar refractivity (Wildman–Crippen MR) is 96.8 cm³/mol. The van der Waals surface area contributed by atoms with Gasteiger partial charge in [0, 0.05) is 17.3 Å². The maximum atomic E-state index is 12.2. The summed E-state index contributed by atoms with van der Waals surface area (Å²) in [6, 6.07) is 6.78. The van der Waals surface area contributed by atoms with E-state index in [0.29, 0.717) is 10.6 Å². The first-order valence-electron chi connectivity index (χ1n) is 6.89. The summed E-state index contributed by atoms with van der Waals surface area (Å²) in [7, 11) is -4.21. The lowest BCUT2D eigenvalue weighted by Gasteiger charge is -2.10. The Balaban J connectivity index is 2.07. The summed E-state index contributed by atoms with van der Waals surface area (Å²) in [6.45, 7) is 1.48. The van der Waals surface area contributed by atoms with Crippen molar-refractivity contribution in [1.82, 2.24) is 10.3 Å². The maximum Gasteiger partial charge on any atom is 0.334 e. The molecule has 2 aromatic carbocycles. The minimum atomic E-state index is -4.21. The zero-order valence-corrected chi connectivity index (χ0v) is 15.4. The molecule has 0 heterocycles. The van der Waals surface area contributed by atoms with Gasteiger partial charge in [0.15, 0.2) is 0 Å². The lowest BCUT2D eigenvalue weighted by atomic mass is 10.2. The number of anilines is 1. The van der Waals surface area contributed by atoms with Gasteiger partial charge in [0.05, 0.1) is 19.9 Å². The van der Waals surface area contributed by atoms with Crippen molar-refractivity contribution < 1.29 is 18.1 Å². The molecule has 0 atom stereocenters. The number of hydrazine groups is 1. The van der Waals surface area contributed by atoms with Gasteiger partial charge in [-0.3, -0.25) is 15.5 Å². The molecule has 0 saturated heterocycles. The van der Waals surface area contributed by atoms with Crippen LogP contribution in [0.2, 0.25) is 10.0 Å². The van der Waals surface area contributed by atoms with Crippen molar-refractivity contribution in [3.05, 3.63) is 62.1 Å². The third-order valence-electron chi connectivity index (χ3n) is 3.16. The van der Waals surface area contributed by atoms with Gasteiger partial charge in [-0.1, -0.05) is 29.3 Å². The minimum absolute atomic E-state index is 0.206. The number of hydrogen-bond donors (Lipinski definition) is 3. The van der Waals surface area contributed by atoms with Gasteiger partial charge >= 0.3 is 6.03 Å². The summed E-state index contributed by atoms with van der Waals surface area (Å²) in [5.74, 6) is 0. The van der Waals surface area contributed by atoms with Crippen LogP contribution < -0.4 is 15.6 Å². The minimum Gasteiger partial charge on any atom is -0.307 e. The van der Waals surface area contributed by atoms with E-state index in [-0.39, 0.29) is 21.3 Å². The van der Waals surface area contributed by atoms with E-state index in [1.54, 1.807) is 0 Å². The lowest BCUT2D eigenvalue weighted by molar-refractivity contribution is -0.385. The number of nitro benzene ring substituents is 1. The van der Waals surface area contributed by atoms with Crippen LogP contribution in [-0.2, 0) is 10.0 Å². The molecule has 12 heteroatoms. The van der Waals surface area contributed by atoms with Crippen molar-refractivity contribution in [3.63, 3.8) is 0 Å². The molecule has 0 radical (unpaired) electrons. The summed E-state index contributed by atoms with van der Waals surface area (Å²) in [4.78, 5) is 23.5. The molecule has 0 fully saturated rings. The van der Waals surface area contributed by atoms with Crippen LogP contribution in [0.5, 0.6) is 0 Å². The van der Waals surface area contributed by atoms with E-state index in [4.69, 9.17) is 23.2 Å². The Morgan fingerprint density at radius 1 is 1.12 bits per heavy atom. The van der Waals surface area contributed by atoms with Gasteiger partial charge in [0.2, 0.25) is 0 Å². The van der Waals surface area contributed by atoms with Gasteiger partial charge in [-0.25, -0.2) is 13.2 Å². The molecule has 2 aromatic rings. The number of benzene rings is 2. The molecule has 3 N–H and O–H groups in total. The van der Waals surface area contributed by atoms with Crippen LogP contribution >= 0.6 is 23.2 Å². The SMILES string of the molecule is Cc1ccc(S(=O)(=O)NNC(=O)Nc2ccc(Cl)c(Cl)c2)cc1[N+](=O)[O-]. The second-order valence-electron chi connectivity index (χ2n) is 5.02. The highest BCUT2D eigenvalue weighted by Gasteiger charge is 2.20. The molecule has 0 aliphatic heterocycles. The second-order valence-corrected chi connectivity index (χ2v) is 7.52. The Morgan fingerprint density at radius 3 is 2.42 bits per heavy atom. The van der Waals surface area contributed by atoms with Crippen LogP contribution in [0.25, 0.3) is 0 Å². The van der Waals surface area contributed by atoms with Gasteiger partial charge < -0.3 is 5.32 Å². The molecule has 9 nitrogen and oxygen atoms in total. The molecular formula is C14H12Cl2N4O5S. The molecule has 26 heavy (non-hydrogen) atoms. The second kappa shape index (κ2) is 7.87. The fourth-order valence-electron chi connectivity index (χ4n) is 1.86. The maximum absolute atomic E-state index is 12.2. The monoisotopic (exact) mass is 418 g/mol. The van der Waals surface area contributed by atoms with Crippen LogP contribution in [0, 0.1) is 17.0 Å². The quantitative estimate of drug-likeness (QED) is 0.506. The molecule has 0 aliphatic rings. The highest BCUT2D eigenvalue weighted by Crippen LogP contribution is 2.25. The van der Waals surface area contributed by atoms with Crippen molar-refractivity contribution in [2.75, 3.05) is 5.32 Å². The van der Waals surface area contributed by atoms with E-state index in [2.05, 4.69) is 5.32 Å². The number of carbonyl (C=O) groups excluding carboxylic acids is 1. The molecule has 0 spiro atoms. The van der Waals surface area contributed by atoms with Crippen LogP contribution in [0.15, 0.2) is 41.3 Å². The Morgan fingerprint density at radius 2 is 1.81 bits per heavy atom. The molecule has 0 aromatic heterocycles. The fourth-order valence-corrected chi connectivity index (χ4v) is 3.02. The smallest absolute Gasteiger partial charge is 0.307 e. The van der Waals surface area contributed by atoms with Gasteiger partial charge in [-0.2, -0.15) is 0 Å². The topological polar surface area (TPSA) is 130 Å². The van der Waals surface area contributed by atoms with Crippen LogP contribution in [0.4, 0.5) is 16.2 Å². The van der Waals surface area contributed by atoms with Crippen molar-refractivity contribution >= 4 is 50.6 Å². The number of rotatable bonds is 5. The normalized spacial score (nSPS) is 11.0. The number of aryl methyl sites for hydroxylation is 1. The highest BCUT2D eigenvalue weighted by atomic mass is 35.5. The van der Waals surface area contributed by atoms with Crippen molar-refractivity contribution in [1.29, 1.82) is 0 Å². The molecular weight excluding hydrogens is 407 g/mol. The number of hydrogen-bond acceptors (Lipinski definition) is 5. The number of urea groups is 1. The van der Waals surface area contributed by atoms with Crippen LogP contribution in [0.1, 0.15) is 5.56 Å². The van der Waals surface area contributed by atoms with E-state index >= 15 is 0 Å². The first-order valence-corrected chi connectivity index (χ1v) is 9.13. The Labute approximate surface area is 158 Å². The van der Waals surface area contributed by atoms with Gasteiger partial charge in [-0.05, 0) is 31.2 Å². The van der Waals surface area contributed by atoms with E-state index in [1.807, 2.05) is 10.3 Å². The molecule has 2 rings (SSSR count). The zero-order valence-electron chi connectivity index (χ0n) is 13.1. The summed E-state index contributed by atoms with van der Waals surface area (Å²) >= 11 is 11.6. The molecule has 0 saturated carbocycles. The number of halogens is 2. The number of nitrogens with one attached hydrogen (secondary N) is 3. The third kappa shape index (κ3) is 4.82. The number of amides is 2. The summed E-state index contributed by atoms with van der Waals surface area (Å²) < 4.78 is 24.3. The van der Waals surface area contributed by atoms with Gasteiger partial charge in [-0.15, -0.1) is 4.83 Å². The molecule has 0 aliphatic carbocycles. The Bertz CT molecular complexity index is 981. The zero-order chi connectivity index (χ0) is 19.5. The molecule has 0 unspecified atom stereocenters. The van der Waals surface area contributed by atoms with Gasteiger partial charge in [0.1, 0.15) is 0 Å². The number of nitro groups is 1. The van der Waals surface area contributed by atoms with Gasteiger partial charge in [0.25, 0.3) is 15.7 Å². The Hall–Kier alpha value is -2.40. The van der Waals surface area contributed by atoms with Crippen molar-refractivity contribution in [2.24, 2.45) is 0 Å². The number of sulfonamides is 1. The standard InChI is InChI=1S/C14H12Cl2N4O5S/c1-8-2-4-10(7-13(8)20(22)23)26(24,25)19-18-14(21)17-9-3-5-11(15)12(16)6-9/h2-7,19H,1H3,(H2,17,18,21). The average molecular weight is 419 g/mol. The first kappa shape index (κ1) is 19.9. The fraction of sp³-hybridized carbons (Fsp3) is 0.0714. The van der Waals surface area contributed by atoms with Crippen molar-refractivity contribution in [2.45, 2.75) is 11.8 Å². The van der Waals surface area contributed by atoms with Crippen molar-refractivity contribution in [3.8, 4) is 0 Å². The molecule has 2 amide bonds. The van der Waals surface area contributed by atoms with E-state index in [0.717, 1.165) is 6.07 Å². The average Bonchev–Trinajstić information content (AvgIpc) is 2.56. The lowest BCUT2D eigenvalue weighted by Crippen LogP contribution is -2.43. The number of carbonyl (C=O) groups is 1. The summed E-state index contributed by atoms with van der Waals surface area (Å²) in [6.07, 6.45) is 0. The van der Waals surface area contributed by atoms with E-state index < -0.39 is 21.0 Å². The van der Waals surface area contributed by atoms with Crippen LogP contribution in [-0.4, -0.2) is 19.4 Å². The first-order chi connectivity index (χ1) is 12.1. The highest BCUT2D eigenvalue weighted by molar-refractivity contribution is 7.89. The number of nitrogens with zero attached hydrogens (tertiary/aromatic N) is 1. The van der Waals surface area contributed by atoms with E-state index in [9.17, 15) is 23.3 Å². The third-order valence-corrected chi connectivity index (χ3v) is 5.15. The Kier molecular flexibility index (Phi) is 6.03. The van der Waals surface area contributed by atoms with Crippen LogP contribution in [0.3, 0.4) is 0 Å². The summed E-state index contributed by atoms with van der Waals surface area (Å²) in [5, 5.41) is 13.8. The largest absolute Gasteiger partial charge is 0.334 e. The summed E-state index contributed by atoms with van der Waals surface area (Å²) in [5.41, 5.74) is 2.16. The molecule has 138 valence electrons. The predicted octanol–water partition coefficient (Wildman–Crippen LogP) is 3.23. The molecule has 0 bridgehead atoms. The van der Waals surface area contributed by atoms with E-state index in [1.165, 1.54) is 37.3 Å².